The van der Waals surface area contributed by atoms with Gasteiger partial charge in [0, 0.05) is 6.07 Å². The summed E-state index contributed by atoms with van der Waals surface area (Å²) in [5.74, 6) is 2.96. The molecule has 92 valence electrons. The van der Waals surface area contributed by atoms with E-state index < -0.39 is 4.92 Å². The lowest BCUT2D eigenvalue weighted by molar-refractivity contribution is -0.385. The molecule has 1 N–H and O–H groups in total. The van der Waals surface area contributed by atoms with E-state index in [-0.39, 0.29) is 29.0 Å². The Morgan fingerprint density at radius 2 is 2.28 bits per heavy atom. The van der Waals surface area contributed by atoms with Gasteiger partial charge >= 0.3 is 0 Å². The summed E-state index contributed by atoms with van der Waals surface area (Å²) in [7, 11) is 0. The van der Waals surface area contributed by atoms with Gasteiger partial charge < -0.3 is 5.32 Å². The number of pyridine rings is 1. The summed E-state index contributed by atoms with van der Waals surface area (Å²) >= 11 is 0. The lowest BCUT2D eigenvalue weighted by Crippen LogP contribution is -2.24. The van der Waals surface area contributed by atoms with Crippen LogP contribution in [0.4, 0.5) is 11.5 Å². The van der Waals surface area contributed by atoms with Crippen molar-refractivity contribution in [2.45, 2.75) is 19.9 Å². The highest BCUT2D eigenvalue weighted by Crippen LogP contribution is 2.19. The van der Waals surface area contributed by atoms with Crippen LogP contribution in [0.1, 0.15) is 19.4 Å². The van der Waals surface area contributed by atoms with E-state index in [2.05, 4.69) is 16.2 Å². The lowest BCUT2D eigenvalue weighted by Gasteiger charge is -2.17. The van der Waals surface area contributed by atoms with Gasteiger partial charge in [-0.25, -0.2) is 4.98 Å². The third kappa shape index (κ3) is 2.96. The van der Waals surface area contributed by atoms with Crippen molar-refractivity contribution in [1.29, 1.82) is 5.26 Å². The summed E-state index contributed by atoms with van der Waals surface area (Å²) in [6.07, 6.45) is 6.45. The van der Waals surface area contributed by atoms with Gasteiger partial charge in [0.2, 0.25) is 0 Å². The standard InChI is InChI=1S/C12H12N4O2/c1-4-11(8(2)3)15-12-9(6-13)5-10(7-14-12)16(17)18/h1,5,7-8,11H,2-3H3,(H,14,15). The van der Waals surface area contributed by atoms with Crippen LogP contribution in [0.5, 0.6) is 0 Å². The molecule has 1 aromatic heterocycles. The molecule has 1 heterocycles. The number of nitro groups is 1. The number of nitrogens with zero attached hydrogens (tertiary/aromatic N) is 3. The smallest absolute Gasteiger partial charge is 0.289 e. The first-order chi connectivity index (χ1) is 8.49. The zero-order valence-corrected chi connectivity index (χ0v) is 10.0. The zero-order valence-electron chi connectivity index (χ0n) is 10.0. The molecule has 18 heavy (non-hydrogen) atoms. The van der Waals surface area contributed by atoms with E-state index in [1.165, 1.54) is 6.07 Å². The van der Waals surface area contributed by atoms with Crippen LogP contribution < -0.4 is 5.32 Å². The second-order valence-electron chi connectivity index (χ2n) is 3.99. The van der Waals surface area contributed by atoms with Crippen molar-refractivity contribution >= 4 is 11.5 Å². The molecule has 0 aromatic carbocycles. The minimum Gasteiger partial charge on any atom is -0.355 e. The number of aromatic nitrogens is 1. The fourth-order valence-corrected chi connectivity index (χ4v) is 1.30. The van der Waals surface area contributed by atoms with Crippen LogP contribution in [0, 0.1) is 39.7 Å². The number of terminal acetylenes is 1. The molecule has 0 fully saturated rings. The van der Waals surface area contributed by atoms with Crippen molar-refractivity contribution < 1.29 is 4.92 Å². The van der Waals surface area contributed by atoms with Gasteiger partial charge in [-0.05, 0) is 5.92 Å². The topological polar surface area (TPSA) is 91.8 Å². The molecule has 0 aliphatic heterocycles. The van der Waals surface area contributed by atoms with Gasteiger partial charge in [0.05, 0.1) is 11.0 Å². The van der Waals surface area contributed by atoms with Crippen LogP contribution in [0.15, 0.2) is 12.3 Å². The van der Waals surface area contributed by atoms with Crippen molar-refractivity contribution in [1.82, 2.24) is 4.98 Å². The summed E-state index contributed by atoms with van der Waals surface area (Å²) in [5, 5.41) is 22.4. The van der Waals surface area contributed by atoms with Gasteiger partial charge in [-0.3, -0.25) is 10.1 Å². The Bertz CT molecular complexity index is 540. The number of nitrogens with one attached hydrogen (secondary N) is 1. The zero-order chi connectivity index (χ0) is 13.7. The van der Waals surface area contributed by atoms with Gasteiger partial charge in [0.25, 0.3) is 5.69 Å². The number of nitriles is 1. The van der Waals surface area contributed by atoms with Crippen LogP contribution in [0.3, 0.4) is 0 Å². The van der Waals surface area contributed by atoms with Crippen molar-refractivity contribution in [2.24, 2.45) is 5.92 Å². The average Bonchev–Trinajstić information content (AvgIpc) is 2.35. The highest BCUT2D eigenvalue weighted by Gasteiger charge is 2.16. The number of anilines is 1. The monoisotopic (exact) mass is 244 g/mol. The van der Waals surface area contributed by atoms with Crippen LogP contribution in [0.2, 0.25) is 0 Å². The molecule has 0 saturated heterocycles. The van der Waals surface area contributed by atoms with E-state index in [9.17, 15) is 10.1 Å². The van der Waals surface area contributed by atoms with Gasteiger partial charge in [0.15, 0.2) is 0 Å². The van der Waals surface area contributed by atoms with Crippen LogP contribution in [-0.2, 0) is 0 Å². The van der Waals surface area contributed by atoms with E-state index >= 15 is 0 Å². The third-order valence-electron chi connectivity index (χ3n) is 2.34. The molecule has 1 aromatic rings. The molecule has 0 bridgehead atoms. The van der Waals surface area contributed by atoms with Crippen molar-refractivity contribution in [2.75, 3.05) is 5.32 Å². The molecule has 0 saturated carbocycles. The molecular formula is C12H12N4O2. The SMILES string of the molecule is C#CC(Nc1ncc([N+](=O)[O-])cc1C#N)C(C)C. The molecule has 6 heteroatoms. The lowest BCUT2D eigenvalue weighted by atomic mass is 10.1. The summed E-state index contributed by atoms with van der Waals surface area (Å²) in [6.45, 7) is 3.85. The van der Waals surface area contributed by atoms with E-state index in [0.29, 0.717) is 0 Å². The normalized spacial score (nSPS) is 11.4. The first kappa shape index (κ1) is 13.5. The molecule has 6 nitrogen and oxygen atoms in total. The first-order valence-corrected chi connectivity index (χ1v) is 5.26. The highest BCUT2D eigenvalue weighted by atomic mass is 16.6. The molecule has 0 spiro atoms. The third-order valence-corrected chi connectivity index (χ3v) is 2.34. The van der Waals surface area contributed by atoms with Crippen LogP contribution in [-0.4, -0.2) is 15.9 Å². The van der Waals surface area contributed by atoms with Crippen LogP contribution >= 0.6 is 0 Å². The molecule has 1 atom stereocenters. The van der Waals surface area contributed by atoms with E-state index in [1.807, 2.05) is 19.9 Å². The largest absolute Gasteiger partial charge is 0.355 e. The number of rotatable bonds is 4. The molecule has 1 unspecified atom stereocenters. The maximum Gasteiger partial charge on any atom is 0.289 e. The predicted molar refractivity (Wildman–Crippen MR) is 66.7 cm³/mol. The Kier molecular flexibility index (Phi) is 4.22. The summed E-state index contributed by atoms with van der Waals surface area (Å²) in [6, 6.07) is 2.75. The second kappa shape index (κ2) is 5.65. The molecular weight excluding hydrogens is 232 g/mol. The predicted octanol–water partition coefficient (Wildman–Crippen LogP) is 1.93. The Morgan fingerprint density at radius 3 is 2.72 bits per heavy atom. The molecule has 1 rings (SSSR count). The summed E-state index contributed by atoms with van der Waals surface area (Å²) in [5.41, 5.74) is -0.121. The Labute approximate surface area is 105 Å². The minimum atomic E-state index is -0.598. The van der Waals surface area contributed by atoms with Gasteiger partial charge in [-0.2, -0.15) is 5.26 Å². The number of hydrogen-bond acceptors (Lipinski definition) is 5. The molecule has 0 aliphatic carbocycles. The van der Waals surface area contributed by atoms with Crippen LogP contribution in [0.25, 0.3) is 0 Å². The van der Waals surface area contributed by atoms with Gasteiger partial charge in [-0.1, -0.05) is 19.8 Å². The Morgan fingerprint density at radius 1 is 1.61 bits per heavy atom. The Balaban J connectivity index is 3.08. The fourth-order valence-electron chi connectivity index (χ4n) is 1.30. The second-order valence-corrected chi connectivity index (χ2v) is 3.99. The van der Waals surface area contributed by atoms with E-state index in [0.717, 1.165) is 6.20 Å². The fraction of sp³-hybridized carbons (Fsp3) is 0.333. The number of hydrogen-bond donors (Lipinski definition) is 1. The average molecular weight is 244 g/mol. The Hall–Kier alpha value is -2.60. The van der Waals surface area contributed by atoms with Crippen molar-refractivity contribution in [3.05, 3.63) is 27.9 Å². The van der Waals surface area contributed by atoms with E-state index in [4.69, 9.17) is 11.7 Å². The van der Waals surface area contributed by atoms with Crippen molar-refractivity contribution in [3.63, 3.8) is 0 Å². The maximum atomic E-state index is 10.6. The van der Waals surface area contributed by atoms with E-state index in [1.54, 1.807) is 0 Å². The van der Waals surface area contributed by atoms with Crippen molar-refractivity contribution in [3.8, 4) is 18.4 Å². The van der Waals surface area contributed by atoms with Gasteiger partial charge in [0.1, 0.15) is 23.6 Å². The first-order valence-electron chi connectivity index (χ1n) is 5.26. The highest BCUT2D eigenvalue weighted by molar-refractivity contribution is 5.56. The summed E-state index contributed by atoms with van der Waals surface area (Å²) < 4.78 is 0. The minimum absolute atomic E-state index is 0.102. The quantitative estimate of drug-likeness (QED) is 0.496. The summed E-state index contributed by atoms with van der Waals surface area (Å²) in [4.78, 5) is 13.8. The molecule has 0 radical (unpaired) electrons. The molecule has 0 amide bonds. The van der Waals surface area contributed by atoms with Gasteiger partial charge in [-0.15, -0.1) is 6.42 Å². The maximum absolute atomic E-state index is 10.6. The molecule has 0 aliphatic rings.